The zero-order valence-electron chi connectivity index (χ0n) is 11.8. The predicted octanol–water partition coefficient (Wildman–Crippen LogP) is 4.02. The number of rotatable bonds is 5. The van der Waals surface area contributed by atoms with Gasteiger partial charge < -0.3 is 14.8 Å². The minimum atomic E-state index is -0.280. The molecule has 0 aromatic heterocycles. The van der Waals surface area contributed by atoms with E-state index in [0.29, 0.717) is 11.3 Å². The van der Waals surface area contributed by atoms with Gasteiger partial charge in [0.25, 0.3) is 0 Å². The van der Waals surface area contributed by atoms with Crippen LogP contribution in [0.2, 0.25) is 0 Å². The molecule has 0 aliphatic carbocycles. The van der Waals surface area contributed by atoms with Crippen LogP contribution in [0.25, 0.3) is 0 Å². The number of hydrogen-bond donors (Lipinski definition) is 1. The standard InChI is InChI=1S/C16H18FNO2/c1-11(15-9-8-14(20-3)10-16(15)17)18-12-4-6-13(19-2)7-5-12/h4-11,18H,1-3H3. The maximum absolute atomic E-state index is 14.0. The number of ether oxygens (including phenoxy) is 2. The highest BCUT2D eigenvalue weighted by atomic mass is 19.1. The quantitative estimate of drug-likeness (QED) is 0.894. The third-order valence-electron chi connectivity index (χ3n) is 3.15. The highest BCUT2D eigenvalue weighted by Gasteiger charge is 2.11. The van der Waals surface area contributed by atoms with Gasteiger partial charge in [-0.25, -0.2) is 4.39 Å². The van der Waals surface area contributed by atoms with Crippen LogP contribution >= 0.6 is 0 Å². The molecule has 20 heavy (non-hydrogen) atoms. The van der Waals surface area contributed by atoms with Crippen molar-refractivity contribution in [1.29, 1.82) is 0 Å². The molecule has 0 bridgehead atoms. The van der Waals surface area contributed by atoms with Crippen LogP contribution < -0.4 is 14.8 Å². The van der Waals surface area contributed by atoms with Gasteiger partial charge in [-0.3, -0.25) is 0 Å². The van der Waals surface area contributed by atoms with Crippen LogP contribution in [0.15, 0.2) is 42.5 Å². The van der Waals surface area contributed by atoms with E-state index >= 15 is 0 Å². The second kappa shape index (κ2) is 6.28. The topological polar surface area (TPSA) is 30.5 Å². The lowest BCUT2D eigenvalue weighted by molar-refractivity contribution is 0.410. The fourth-order valence-corrected chi connectivity index (χ4v) is 2.00. The van der Waals surface area contributed by atoms with Crippen molar-refractivity contribution in [1.82, 2.24) is 0 Å². The van der Waals surface area contributed by atoms with Crippen molar-refractivity contribution in [2.24, 2.45) is 0 Å². The molecule has 2 rings (SSSR count). The van der Waals surface area contributed by atoms with E-state index in [1.54, 1.807) is 19.2 Å². The van der Waals surface area contributed by atoms with Crippen LogP contribution in [0.4, 0.5) is 10.1 Å². The van der Waals surface area contributed by atoms with Crippen LogP contribution in [-0.4, -0.2) is 14.2 Å². The number of methoxy groups -OCH3 is 2. The number of halogens is 1. The summed E-state index contributed by atoms with van der Waals surface area (Å²) in [6.07, 6.45) is 0. The summed E-state index contributed by atoms with van der Waals surface area (Å²) in [6, 6.07) is 12.3. The summed E-state index contributed by atoms with van der Waals surface area (Å²) < 4.78 is 24.1. The van der Waals surface area contributed by atoms with E-state index in [1.165, 1.54) is 13.2 Å². The Morgan fingerprint density at radius 1 is 0.950 bits per heavy atom. The molecule has 0 spiro atoms. The van der Waals surface area contributed by atoms with Gasteiger partial charge >= 0.3 is 0 Å². The van der Waals surface area contributed by atoms with Gasteiger partial charge in [0.05, 0.1) is 20.3 Å². The molecule has 0 amide bonds. The summed E-state index contributed by atoms with van der Waals surface area (Å²) in [5.74, 6) is 1.03. The minimum absolute atomic E-state index is 0.144. The molecular weight excluding hydrogens is 257 g/mol. The SMILES string of the molecule is COc1ccc(NC(C)c2ccc(OC)cc2F)cc1. The zero-order valence-corrected chi connectivity index (χ0v) is 11.8. The van der Waals surface area contributed by atoms with Crippen molar-refractivity contribution in [2.45, 2.75) is 13.0 Å². The molecule has 0 heterocycles. The first kappa shape index (κ1) is 14.2. The third kappa shape index (κ3) is 3.20. The summed E-state index contributed by atoms with van der Waals surface area (Å²) in [6.45, 7) is 1.91. The van der Waals surface area contributed by atoms with Crippen LogP contribution in [0.5, 0.6) is 11.5 Å². The van der Waals surface area contributed by atoms with Gasteiger partial charge in [0.2, 0.25) is 0 Å². The molecule has 1 unspecified atom stereocenters. The Balaban J connectivity index is 2.12. The molecular formula is C16H18FNO2. The smallest absolute Gasteiger partial charge is 0.132 e. The number of benzene rings is 2. The van der Waals surface area contributed by atoms with Crippen LogP contribution in [-0.2, 0) is 0 Å². The first-order valence-electron chi connectivity index (χ1n) is 6.38. The monoisotopic (exact) mass is 275 g/mol. The molecule has 0 aliphatic rings. The predicted molar refractivity (Wildman–Crippen MR) is 78.0 cm³/mol. The van der Waals surface area contributed by atoms with Crippen LogP contribution in [0.1, 0.15) is 18.5 Å². The molecule has 0 aliphatic heterocycles. The average Bonchev–Trinajstić information content (AvgIpc) is 2.47. The first-order valence-corrected chi connectivity index (χ1v) is 6.38. The lowest BCUT2D eigenvalue weighted by Crippen LogP contribution is -2.08. The molecule has 2 aromatic carbocycles. The molecule has 0 saturated carbocycles. The Bertz CT molecular complexity index is 569. The van der Waals surface area contributed by atoms with Crippen LogP contribution in [0.3, 0.4) is 0 Å². The van der Waals surface area contributed by atoms with Crippen molar-refractivity contribution in [3.8, 4) is 11.5 Å². The molecule has 0 fully saturated rings. The highest BCUT2D eigenvalue weighted by molar-refractivity contribution is 5.48. The number of hydrogen-bond acceptors (Lipinski definition) is 3. The Hall–Kier alpha value is -2.23. The van der Waals surface area contributed by atoms with Gasteiger partial charge in [-0.2, -0.15) is 0 Å². The summed E-state index contributed by atoms with van der Waals surface area (Å²) in [5, 5.41) is 3.25. The largest absolute Gasteiger partial charge is 0.497 e. The average molecular weight is 275 g/mol. The molecule has 3 nitrogen and oxygen atoms in total. The summed E-state index contributed by atoms with van der Waals surface area (Å²) in [4.78, 5) is 0. The van der Waals surface area contributed by atoms with Gasteiger partial charge in [-0.15, -0.1) is 0 Å². The van der Waals surface area contributed by atoms with E-state index in [4.69, 9.17) is 9.47 Å². The molecule has 1 N–H and O–H groups in total. The van der Waals surface area contributed by atoms with Gasteiger partial charge in [-0.1, -0.05) is 6.07 Å². The van der Waals surface area contributed by atoms with Gasteiger partial charge in [0, 0.05) is 17.3 Å². The lowest BCUT2D eigenvalue weighted by Gasteiger charge is -2.17. The molecule has 2 aromatic rings. The Morgan fingerprint density at radius 3 is 2.10 bits per heavy atom. The molecule has 1 atom stereocenters. The van der Waals surface area contributed by atoms with Gasteiger partial charge in [-0.05, 0) is 37.3 Å². The Morgan fingerprint density at radius 2 is 1.55 bits per heavy atom. The second-order valence-electron chi connectivity index (χ2n) is 4.48. The summed E-state index contributed by atoms with van der Waals surface area (Å²) in [7, 11) is 3.14. The summed E-state index contributed by atoms with van der Waals surface area (Å²) >= 11 is 0. The summed E-state index contributed by atoms with van der Waals surface area (Å²) in [5.41, 5.74) is 1.51. The Labute approximate surface area is 118 Å². The van der Waals surface area contributed by atoms with Crippen molar-refractivity contribution in [3.05, 3.63) is 53.8 Å². The lowest BCUT2D eigenvalue weighted by atomic mass is 10.1. The second-order valence-corrected chi connectivity index (χ2v) is 4.48. The fourth-order valence-electron chi connectivity index (χ4n) is 2.00. The number of anilines is 1. The molecule has 0 radical (unpaired) electrons. The van der Waals surface area contributed by atoms with E-state index in [1.807, 2.05) is 31.2 Å². The van der Waals surface area contributed by atoms with Crippen molar-refractivity contribution in [2.75, 3.05) is 19.5 Å². The molecule has 106 valence electrons. The normalized spacial score (nSPS) is 11.8. The molecule has 4 heteroatoms. The maximum atomic E-state index is 14.0. The molecule has 0 saturated heterocycles. The van der Waals surface area contributed by atoms with E-state index < -0.39 is 0 Å². The van der Waals surface area contributed by atoms with Crippen molar-refractivity contribution in [3.63, 3.8) is 0 Å². The minimum Gasteiger partial charge on any atom is -0.497 e. The van der Waals surface area contributed by atoms with E-state index in [-0.39, 0.29) is 11.9 Å². The fraction of sp³-hybridized carbons (Fsp3) is 0.250. The van der Waals surface area contributed by atoms with E-state index in [2.05, 4.69) is 5.32 Å². The van der Waals surface area contributed by atoms with Crippen molar-refractivity contribution >= 4 is 5.69 Å². The maximum Gasteiger partial charge on any atom is 0.132 e. The zero-order chi connectivity index (χ0) is 14.5. The van der Waals surface area contributed by atoms with Gasteiger partial charge in [0.15, 0.2) is 0 Å². The van der Waals surface area contributed by atoms with E-state index in [0.717, 1.165) is 11.4 Å². The highest BCUT2D eigenvalue weighted by Crippen LogP contribution is 2.25. The Kier molecular flexibility index (Phi) is 4.45. The van der Waals surface area contributed by atoms with E-state index in [9.17, 15) is 4.39 Å². The first-order chi connectivity index (χ1) is 9.63. The third-order valence-corrected chi connectivity index (χ3v) is 3.15. The van der Waals surface area contributed by atoms with Crippen LogP contribution in [0, 0.1) is 5.82 Å². The van der Waals surface area contributed by atoms with Gasteiger partial charge in [0.1, 0.15) is 17.3 Å². The number of nitrogens with one attached hydrogen (secondary N) is 1. The van der Waals surface area contributed by atoms with Crippen molar-refractivity contribution < 1.29 is 13.9 Å².